The molecule has 1 aromatic rings. The molecular weight excluding hydrogens is 276 g/mol. The minimum absolute atomic E-state index is 0.00200. The number of hydrogen-bond donors (Lipinski definition) is 0. The van der Waals surface area contributed by atoms with Crippen LogP contribution in [0.25, 0.3) is 0 Å². The standard InChI is InChI=1S/C18H23N2O2/c1-3-19(4-2)14-13-15-9-5-6-10-16(15)17-11-7-8-12-18(17)20(21)22/h5-12,16H,3-4,13-14H2,1-2H3. The summed E-state index contributed by atoms with van der Waals surface area (Å²) in [5, 5.41) is 11.3. The molecule has 1 aromatic carbocycles. The van der Waals surface area contributed by atoms with Crippen molar-refractivity contribution >= 4 is 5.69 Å². The number of nitrogens with zero attached hydrogens (tertiary/aromatic N) is 2. The van der Waals surface area contributed by atoms with Crippen LogP contribution in [-0.2, 0) is 0 Å². The van der Waals surface area contributed by atoms with Gasteiger partial charge in [0.05, 0.1) is 4.92 Å². The van der Waals surface area contributed by atoms with Gasteiger partial charge in [-0.05, 0) is 26.1 Å². The van der Waals surface area contributed by atoms with Gasteiger partial charge in [0.1, 0.15) is 0 Å². The zero-order valence-electron chi connectivity index (χ0n) is 13.2. The van der Waals surface area contributed by atoms with E-state index in [1.165, 1.54) is 5.92 Å². The van der Waals surface area contributed by atoms with Crippen LogP contribution in [0.5, 0.6) is 0 Å². The van der Waals surface area contributed by atoms with Crippen molar-refractivity contribution in [3.8, 4) is 0 Å². The molecule has 0 heterocycles. The Morgan fingerprint density at radius 2 is 1.91 bits per heavy atom. The van der Waals surface area contributed by atoms with Crippen LogP contribution in [0.4, 0.5) is 5.69 Å². The molecule has 1 aliphatic carbocycles. The zero-order chi connectivity index (χ0) is 15.9. The molecule has 0 aromatic heterocycles. The summed E-state index contributed by atoms with van der Waals surface area (Å²) in [5.41, 5.74) is 0.982. The van der Waals surface area contributed by atoms with Crippen molar-refractivity contribution in [3.05, 3.63) is 70.2 Å². The van der Waals surface area contributed by atoms with E-state index in [2.05, 4.69) is 30.9 Å². The zero-order valence-corrected chi connectivity index (χ0v) is 13.2. The Bertz CT molecular complexity index is 562. The van der Waals surface area contributed by atoms with E-state index in [1.54, 1.807) is 12.1 Å². The van der Waals surface area contributed by atoms with Crippen molar-refractivity contribution in [2.75, 3.05) is 19.6 Å². The largest absolute Gasteiger partial charge is 0.304 e. The quantitative estimate of drug-likeness (QED) is 0.562. The van der Waals surface area contributed by atoms with Crippen molar-refractivity contribution in [1.82, 2.24) is 4.90 Å². The summed E-state index contributed by atoms with van der Waals surface area (Å²) in [4.78, 5) is 13.4. The highest BCUT2D eigenvalue weighted by Gasteiger charge is 2.27. The molecule has 4 heteroatoms. The van der Waals surface area contributed by atoms with Crippen LogP contribution in [0, 0.1) is 16.0 Å². The first-order valence-electron chi connectivity index (χ1n) is 7.83. The summed E-state index contributed by atoms with van der Waals surface area (Å²) in [6.45, 7) is 7.35. The van der Waals surface area contributed by atoms with E-state index in [9.17, 15) is 10.1 Å². The van der Waals surface area contributed by atoms with Crippen molar-refractivity contribution in [1.29, 1.82) is 0 Å². The average Bonchev–Trinajstić information content (AvgIpc) is 2.56. The van der Waals surface area contributed by atoms with E-state index in [4.69, 9.17) is 0 Å². The maximum atomic E-state index is 11.3. The van der Waals surface area contributed by atoms with Crippen molar-refractivity contribution in [3.63, 3.8) is 0 Å². The van der Waals surface area contributed by atoms with Crippen LogP contribution in [0.15, 0.2) is 48.6 Å². The van der Waals surface area contributed by atoms with Gasteiger partial charge in [-0.25, -0.2) is 0 Å². The molecule has 4 nitrogen and oxygen atoms in total. The number of hydrogen-bond acceptors (Lipinski definition) is 3. The van der Waals surface area contributed by atoms with Gasteiger partial charge in [-0.3, -0.25) is 10.1 Å². The Hall–Kier alpha value is -1.94. The fourth-order valence-electron chi connectivity index (χ4n) is 2.87. The third kappa shape index (κ3) is 3.83. The summed E-state index contributed by atoms with van der Waals surface area (Å²) >= 11 is 0. The van der Waals surface area contributed by atoms with Gasteiger partial charge >= 0.3 is 0 Å². The molecule has 0 bridgehead atoms. The molecule has 1 atom stereocenters. The third-order valence-corrected chi connectivity index (χ3v) is 4.20. The smallest absolute Gasteiger partial charge is 0.273 e. The maximum Gasteiger partial charge on any atom is 0.273 e. The van der Waals surface area contributed by atoms with Gasteiger partial charge in [0.15, 0.2) is 0 Å². The lowest BCUT2D eigenvalue weighted by molar-refractivity contribution is -0.385. The molecule has 0 aliphatic heterocycles. The van der Waals surface area contributed by atoms with E-state index in [0.717, 1.165) is 31.6 Å². The Labute approximate surface area is 132 Å². The Kier molecular flexibility index (Phi) is 5.90. The summed E-state index contributed by atoms with van der Waals surface area (Å²) in [6.07, 6.45) is 9.08. The van der Waals surface area contributed by atoms with Crippen molar-refractivity contribution in [2.45, 2.75) is 26.2 Å². The number of rotatable bonds is 7. The SMILES string of the molecule is CCN(CC)CC[C]1C=CC=CC1c1ccccc1[N+](=O)[O-]. The normalized spacial score (nSPS) is 18.0. The van der Waals surface area contributed by atoms with Gasteiger partial charge in [-0.1, -0.05) is 56.4 Å². The lowest BCUT2D eigenvalue weighted by Crippen LogP contribution is -2.26. The van der Waals surface area contributed by atoms with Gasteiger partial charge in [0.25, 0.3) is 5.69 Å². The summed E-state index contributed by atoms with van der Waals surface area (Å²) in [6, 6.07) is 7.04. The first kappa shape index (κ1) is 16.4. The number of benzene rings is 1. The van der Waals surface area contributed by atoms with Gasteiger partial charge in [0.2, 0.25) is 0 Å². The van der Waals surface area contributed by atoms with Gasteiger partial charge < -0.3 is 4.90 Å². The predicted molar refractivity (Wildman–Crippen MR) is 89.8 cm³/mol. The Morgan fingerprint density at radius 1 is 1.18 bits per heavy atom. The molecule has 1 radical (unpaired) electrons. The average molecular weight is 299 g/mol. The fraction of sp³-hybridized carbons (Fsp3) is 0.389. The highest BCUT2D eigenvalue weighted by atomic mass is 16.6. The van der Waals surface area contributed by atoms with Crippen LogP contribution in [0.3, 0.4) is 0 Å². The minimum atomic E-state index is -0.288. The van der Waals surface area contributed by atoms with Crippen LogP contribution >= 0.6 is 0 Å². The van der Waals surface area contributed by atoms with E-state index >= 15 is 0 Å². The number of nitro benzene ring substituents is 1. The molecule has 0 spiro atoms. The molecule has 0 N–H and O–H groups in total. The predicted octanol–water partition coefficient (Wildman–Crippen LogP) is 4.11. The Balaban J connectivity index is 2.19. The summed E-state index contributed by atoms with van der Waals surface area (Å²) in [7, 11) is 0. The van der Waals surface area contributed by atoms with Crippen LogP contribution in [-0.4, -0.2) is 29.5 Å². The second kappa shape index (κ2) is 7.90. The van der Waals surface area contributed by atoms with Crippen molar-refractivity contribution < 1.29 is 4.92 Å². The van der Waals surface area contributed by atoms with Crippen LogP contribution in [0.1, 0.15) is 31.7 Å². The maximum absolute atomic E-state index is 11.3. The summed E-state index contributed by atoms with van der Waals surface area (Å²) < 4.78 is 0. The second-order valence-electron chi connectivity index (χ2n) is 5.39. The molecule has 22 heavy (non-hydrogen) atoms. The second-order valence-corrected chi connectivity index (χ2v) is 5.39. The topological polar surface area (TPSA) is 46.4 Å². The molecule has 0 fully saturated rings. The van der Waals surface area contributed by atoms with E-state index in [-0.39, 0.29) is 16.5 Å². The molecular formula is C18H23N2O2. The van der Waals surface area contributed by atoms with Gasteiger partial charge in [0, 0.05) is 23.5 Å². The molecule has 0 amide bonds. The Morgan fingerprint density at radius 3 is 2.59 bits per heavy atom. The van der Waals surface area contributed by atoms with Gasteiger partial charge in [-0.2, -0.15) is 0 Å². The van der Waals surface area contributed by atoms with E-state index in [0.29, 0.717) is 0 Å². The lowest BCUT2D eigenvalue weighted by Gasteiger charge is -2.26. The molecule has 1 aliphatic rings. The minimum Gasteiger partial charge on any atom is -0.304 e. The number of para-hydroxylation sites is 1. The van der Waals surface area contributed by atoms with Crippen molar-refractivity contribution in [2.24, 2.45) is 0 Å². The monoisotopic (exact) mass is 299 g/mol. The lowest BCUT2D eigenvalue weighted by atomic mass is 9.80. The van der Waals surface area contributed by atoms with E-state index < -0.39 is 0 Å². The van der Waals surface area contributed by atoms with Crippen LogP contribution in [0.2, 0.25) is 0 Å². The number of allylic oxidation sites excluding steroid dienone is 4. The summed E-state index contributed by atoms with van der Waals surface area (Å²) in [5.74, 6) is 1.24. The highest BCUT2D eigenvalue weighted by Crippen LogP contribution is 2.38. The first-order chi connectivity index (χ1) is 10.7. The first-order valence-corrected chi connectivity index (χ1v) is 7.83. The van der Waals surface area contributed by atoms with E-state index in [1.807, 2.05) is 24.3 Å². The molecule has 0 saturated carbocycles. The number of nitro groups is 1. The highest BCUT2D eigenvalue weighted by molar-refractivity contribution is 5.50. The molecule has 0 saturated heterocycles. The van der Waals surface area contributed by atoms with Crippen LogP contribution < -0.4 is 0 Å². The molecule has 117 valence electrons. The molecule has 2 rings (SSSR count). The molecule has 1 unspecified atom stereocenters. The fourth-order valence-corrected chi connectivity index (χ4v) is 2.87. The third-order valence-electron chi connectivity index (χ3n) is 4.20. The van der Waals surface area contributed by atoms with Gasteiger partial charge in [-0.15, -0.1) is 0 Å².